The van der Waals surface area contributed by atoms with Gasteiger partial charge in [0.15, 0.2) is 0 Å². The molecule has 5 nitrogen and oxygen atoms in total. The highest BCUT2D eigenvalue weighted by atomic mass is 16.2. The van der Waals surface area contributed by atoms with Gasteiger partial charge in [-0.1, -0.05) is 0 Å². The second-order valence-electron chi connectivity index (χ2n) is 4.54. The van der Waals surface area contributed by atoms with Gasteiger partial charge in [0.05, 0.1) is 0 Å². The first-order chi connectivity index (χ1) is 7.58. The summed E-state index contributed by atoms with van der Waals surface area (Å²) in [7, 11) is 0. The normalized spacial score (nSPS) is 21.7. The molecule has 0 aliphatic carbocycles. The number of primary amides is 1. The zero-order valence-corrected chi connectivity index (χ0v) is 9.79. The minimum Gasteiger partial charge on any atom is -0.370 e. The summed E-state index contributed by atoms with van der Waals surface area (Å²) in [6.45, 7) is 3.87. The Morgan fingerprint density at radius 1 is 1.56 bits per heavy atom. The highest BCUT2D eigenvalue weighted by Crippen LogP contribution is 2.13. The molecule has 0 aromatic carbocycles. The van der Waals surface area contributed by atoms with Gasteiger partial charge in [0.2, 0.25) is 11.8 Å². The maximum atomic E-state index is 11.5. The van der Waals surface area contributed by atoms with Crippen molar-refractivity contribution in [3.05, 3.63) is 0 Å². The quantitative estimate of drug-likeness (QED) is 0.585. The van der Waals surface area contributed by atoms with Crippen molar-refractivity contribution in [2.24, 2.45) is 11.7 Å². The standard InChI is InChI=1S/C11H21N3O2/c1-8(6-10(12)15)14-11(16)3-2-9-4-5-13-7-9/h8-9,13H,2-7H2,1H3,(H2,12,15)(H,14,16). The van der Waals surface area contributed by atoms with Crippen molar-refractivity contribution in [3.63, 3.8) is 0 Å². The number of carbonyl (C=O) groups is 2. The van der Waals surface area contributed by atoms with Gasteiger partial charge in [0.25, 0.3) is 0 Å². The molecule has 92 valence electrons. The summed E-state index contributed by atoms with van der Waals surface area (Å²) in [5, 5.41) is 6.05. The molecule has 1 heterocycles. The summed E-state index contributed by atoms with van der Waals surface area (Å²) < 4.78 is 0. The van der Waals surface area contributed by atoms with E-state index < -0.39 is 0 Å². The van der Waals surface area contributed by atoms with Gasteiger partial charge in [0, 0.05) is 18.9 Å². The lowest BCUT2D eigenvalue weighted by molar-refractivity contribution is -0.122. The molecule has 0 radical (unpaired) electrons. The van der Waals surface area contributed by atoms with Crippen LogP contribution >= 0.6 is 0 Å². The molecule has 0 aromatic rings. The van der Waals surface area contributed by atoms with E-state index in [-0.39, 0.29) is 24.3 Å². The molecule has 2 unspecified atom stereocenters. The molecular weight excluding hydrogens is 206 g/mol. The van der Waals surface area contributed by atoms with Crippen molar-refractivity contribution in [1.29, 1.82) is 0 Å². The van der Waals surface area contributed by atoms with Crippen molar-refractivity contribution in [1.82, 2.24) is 10.6 Å². The van der Waals surface area contributed by atoms with Crippen LogP contribution in [0.2, 0.25) is 0 Å². The van der Waals surface area contributed by atoms with E-state index in [0.717, 1.165) is 25.9 Å². The molecule has 1 aliphatic heterocycles. The molecule has 0 spiro atoms. The third-order valence-electron chi connectivity index (χ3n) is 2.86. The molecule has 1 saturated heterocycles. The third-order valence-corrected chi connectivity index (χ3v) is 2.86. The lowest BCUT2D eigenvalue weighted by Gasteiger charge is -2.13. The number of carbonyl (C=O) groups excluding carboxylic acids is 2. The molecule has 0 aromatic heterocycles. The Morgan fingerprint density at radius 2 is 2.31 bits per heavy atom. The maximum Gasteiger partial charge on any atom is 0.220 e. The fourth-order valence-electron chi connectivity index (χ4n) is 2.00. The zero-order chi connectivity index (χ0) is 12.0. The van der Waals surface area contributed by atoms with Crippen LogP contribution in [0.15, 0.2) is 0 Å². The number of amides is 2. The lowest BCUT2D eigenvalue weighted by atomic mass is 10.0. The van der Waals surface area contributed by atoms with Crippen LogP contribution in [0.5, 0.6) is 0 Å². The first-order valence-electron chi connectivity index (χ1n) is 5.86. The molecule has 0 bridgehead atoms. The van der Waals surface area contributed by atoms with Crippen LogP contribution in [0, 0.1) is 5.92 Å². The van der Waals surface area contributed by atoms with Crippen molar-refractivity contribution in [3.8, 4) is 0 Å². The van der Waals surface area contributed by atoms with Crippen molar-refractivity contribution >= 4 is 11.8 Å². The van der Waals surface area contributed by atoms with Gasteiger partial charge in [-0.05, 0) is 38.8 Å². The fourth-order valence-corrected chi connectivity index (χ4v) is 2.00. The Bertz CT molecular complexity index is 250. The molecular formula is C11H21N3O2. The van der Waals surface area contributed by atoms with Gasteiger partial charge in [-0.15, -0.1) is 0 Å². The monoisotopic (exact) mass is 227 g/mol. The topological polar surface area (TPSA) is 84.2 Å². The number of nitrogens with one attached hydrogen (secondary N) is 2. The van der Waals surface area contributed by atoms with Crippen LogP contribution in [0.25, 0.3) is 0 Å². The highest BCUT2D eigenvalue weighted by molar-refractivity contribution is 5.78. The number of nitrogens with two attached hydrogens (primary N) is 1. The van der Waals surface area contributed by atoms with E-state index in [0.29, 0.717) is 12.3 Å². The predicted octanol–water partition coefficient (Wildman–Crippen LogP) is -0.244. The summed E-state index contributed by atoms with van der Waals surface area (Å²) in [5.74, 6) is 0.255. The van der Waals surface area contributed by atoms with Crippen LogP contribution in [-0.4, -0.2) is 30.9 Å². The van der Waals surface area contributed by atoms with E-state index in [9.17, 15) is 9.59 Å². The second-order valence-corrected chi connectivity index (χ2v) is 4.54. The van der Waals surface area contributed by atoms with Crippen LogP contribution < -0.4 is 16.4 Å². The van der Waals surface area contributed by atoms with E-state index in [1.54, 1.807) is 6.92 Å². The maximum absolute atomic E-state index is 11.5. The average molecular weight is 227 g/mol. The molecule has 2 atom stereocenters. The summed E-state index contributed by atoms with van der Waals surface area (Å²) in [6, 6.07) is -0.160. The zero-order valence-electron chi connectivity index (χ0n) is 9.79. The van der Waals surface area contributed by atoms with Crippen molar-refractivity contribution < 1.29 is 9.59 Å². The predicted molar refractivity (Wildman–Crippen MR) is 61.6 cm³/mol. The van der Waals surface area contributed by atoms with E-state index in [1.165, 1.54) is 0 Å². The largest absolute Gasteiger partial charge is 0.370 e. The summed E-state index contributed by atoms with van der Waals surface area (Å²) in [6.07, 6.45) is 2.82. The molecule has 4 N–H and O–H groups in total. The molecule has 5 heteroatoms. The second kappa shape index (κ2) is 6.48. The Balaban J connectivity index is 2.12. The van der Waals surface area contributed by atoms with Crippen LogP contribution in [0.1, 0.15) is 32.6 Å². The van der Waals surface area contributed by atoms with Crippen molar-refractivity contribution in [2.45, 2.75) is 38.6 Å². The Kier molecular flexibility index (Phi) is 5.25. The van der Waals surface area contributed by atoms with Crippen LogP contribution in [0.3, 0.4) is 0 Å². The Labute approximate surface area is 96.1 Å². The van der Waals surface area contributed by atoms with E-state index in [4.69, 9.17) is 5.73 Å². The minimum absolute atomic E-state index is 0.0145. The first-order valence-corrected chi connectivity index (χ1v) is 5.86. The SMILES string of the molecule is CC(CC(N)=O)NC(=O)CCC1CCNC1. The molecule has 1 fully saturated rings. The van der Waals surface area contributed by atoms with Gasteiger partial charge in [-0.25, -0.2) is 0 Å². The molecule has 1 rings (SSSR count). The summed E-state index contributed by atoms with van der Waals surface area (Å²) >= 11 is 0. The fraction of sp³-hybridized carbons (Fsp3) is 0.818. The Hall–Kier alpha value is -1.10. The summed E-state index contributed by atoms with van der Waals surface area (Å²) in [5.41, 5.74) is 5.04. The van der Waals surface area contributed by atoms with E-state index in [1.807, 2.05) is 0 Å². The molecule has 2 amide bonds. The molecule has 1 aliphatic rings. The van der Waals surface area contributed by atoms with Gasteiger partial charge in [-0.3, -0.25) is 9.59 Å². The smallest absolute Gasteiger partial charge is 0.220 e. The molecule has 0 saturated carbocycles. The first kappa shape index (κ1) is 13.0. The van der Waals surface area contributed by atoms with Gasteiger partial charge >= 0.3 is 0 Å². The van der Waals surface area contributed by atoms with Gasteiger partial charge in [0.1, 0.15) is 0 Å². The number of hydrogen-bond donors (Lipinski definition) is 3. The molecule has 16 heavy (non-hydrogen) atoms. The van der Waals surface area contributed by atoms with Crippen molar-refractivity contribution in [2.75, 3.05) is 13.1 Å². The van der Waals surface area contributed by atoms with E-state index >= 15 is 0 Å². The van der Waals surface area contributed by atoms with Crippen LogP contribution in [-0.2, 0) is 9.59 Å². The van der Waals surface area contributed by atoms with Crippen LogP contribution in [0.4, 0.5) is 0 Å². The lowest BCUT2D eigenvalue weighted by Crippen LogP contribution is -2.35. The number of hydrogen-bond acceptors (Lipinski definition) is 3. The number of rotatable bonds is 6. The summed E-state index contributed by atoms with van der Waals surface area (Å²) in [4.78, 5) is 22.1. The Morgan fingerprint density at radius 3 is 2.88 bits per heavy atom. The highest BCUT2D eigenvalue weighted by Gasteiger charge is 2.16. The van der Waals surface area contributed by atoms with Gasteiger partial charge < -0.3 is 16.4 Å². The third kappa shape index (κ3) is 5.11. The van der Waals surface area contributed by atoms with E-state index in [2.05, 4.69) is 10.6 Å². The van der Waals surface area contributed by atoms with Gasteiger partial charge in [-0.2, -0.15) is 0 Å². The average Bonchev–Trinajstić information content (AvgIpc) is 2.65. The minimum atomic E-state index is -0.382.